The summed E-state index contributed by atoms with van der Waals surface area (Å²) in [6, 6.07) is 6.41. The fourth-order valence-corrected chi connectivity index (χ4v) is 2.86. The number of rotatable bonds is 4. The van der Waals surface area contributed by atoms with Crippen LogP contribution < -0.4 is 0 Å². The van der Waals surface area contributed by atoms with E-state index in [0.717, 1.165) is 0 Å². The van der Waals surface area contributed by atoms with Crippen LogP contribution in [0.1, 0.15) is 31.2 Å². The lowest BCUT2D eigenvalue weighted by atomic mass is 9.81. The first kappa shape index (κ1) is 15.5. The third-order valence-corrected chi connectivity index (χ3v) is 4.17. The highest BCUT2D eigenvalue weighted by molar-refractivity contribution is 5.79. The van der Waals surface area contributed by atoms with Crippen molar-refractivity contribution in [1.29, 1.82) is 0 Å². The van der Waals surface area contributed by atoms with Crippen molar-refractivity contribution in [3.8, 4) is 0 Å². The van der Waals surface area contributed by atoms with Gasteiger partial charge in [0, 0.05) is 25.1 Å². The molecule has 1 aliphatic carbocycles. The van der Waals surface area contributed by atoms with E-state index in [-0.39, 0.29) is 30.1 Å². The van der Waals surface area contributed by atoms with Crippen LogP contribution in [0.4, 0.5) is 4.39 Å². The molecule has 1 saturated carbocycles. The number of nitrogens with zero attached hydrogens (tertiary/aromatic N) is 1. The molecule has 0 heterocycles. The molecule has 0 bridgehead atoms. The van der Waals surface area contributed by atoms with Gasteiger partial charge < -0.3 is 10.0 Å². The lowest BCUT2D eigenvalue weighted by molar-refractivity contribution is -0.145. The van der Waals surface area contributed by atoms with Crippen molar-refractivity contribution in [1.82, 2.24) is 4.90 Å². The van der Waals surface area contributed by atoms with Crippen LogP contribution in [-0.2, 0) is 16.1 Å². The first-order chi connectivity index (χ1) is 9.99. The van der Waals surface area contributed by atoms with E-state index in [1.165, 1.54) is 11.0 Å². The van der Waals surface area contributed by atoms with Crippen molar-refractivity contribution >= 4 is 11.9 Å². The van der Waals surface area contributed by atoms with Gasteiger partial charge in [-0.2, -0.15) is 0 Å². The Morgan fingerprint density at radius 1 is 1.19 bits per heavy atom. The van der Waals surface area contributed by atoms with Gasteiger partial charge in [0.25, 0.3) is 0 Å². The molecule has 1 amide bonds. The number of benzene rings is 1. The van der Waals surface area contributed by atoms with Crippen LogP contribution >= 0.6 is 0 Å². The van der Waals surface area contributed by atoms with Gasteiger partial charge in [-0.05, 0) is 31.7 Å². The molecular formula is C16H20FNO3. The maximum atomic E-state index is 13.6. The number of carboxylic acid groups (broad SMARTS) is 1. The molecule has 5 heteroatoms. The van der Waals surface area contributed by atoms with E-state index < -0.39 is 5.97 Å². The number of hydrogen-bond acceptors (Lipinski definition) is 2. The van der Waals surface area contributed by atoms with Gasteiger partial charge in [0.1, 0.15) is 5.82 Å². The smallest absolute Gasteiger partial charge is 0.306 e. The van der Waals surface area contributed by atoms with E-state index in [9.17, 15) is 14.0 Å². The number of carbonyl (C=O) groups excluding carboxylic acids is 1. The Labute approximate surface area is 123 Å². The SMILES string of the molecule is CN(Cc1ccccc1F)C(=O)C1CCC(C(=O)O)CC1. The second kappa shape index (κ2) is 6.70. The van der Waals surface area contributed by atoms with Crippen molar-refractivity contribution < 1.29 is 19.1 Å². The molecule has 2 rings (SSSR count). The van der Waals surface area contributed by atoms with Crippen LogP contribution in [0.2, 0.25) is 0 Å². The lowest BCUT2D eigenvalue weighted by Gasteiger charge is -2.29. The van der Waals surface area contributed by atoms with Crippen LogP contribution in [0.5, 0.6) is 0 Å². The molecule has 1 aliphatic rings. The summed E-state index contributed by atoms with van der Waals surface area (Å²) in [5.74, 6) is -1.59. The van der Waals surface area contributed by atoms with E-state index in [2.05, 4.69) is 0 Å². The van der Waals surface area contributed by atoms with Crippen LogP contribution in [0, 0.1) is 17.7 Å². The summed E-state index contributed by atoms with van der Waals surface area (Å²) in [5, 5.41) is 8.96. The van der Waals surface area contributed by atoms with Gasteiger partial charge in [-0.1, -0.05) is 18.2 Å². The van der Waals surface area contributed by atoms with E-state index in [4.69, 9.17) is 5.11 Å². The lowest BCUT2D eigenvalue weighted by Crippen LogP contribution is -2.35. The zero-order valence-electron chi connectivity index (χ0n) is 12.1. The molecule has 1 aromatic rings. The zero-order chi connectivity index (χ0) is 15.4. The van der Waals surface area contributed by atoms with Gasteiger partial charge in [0.05, 0.1) is 5.92 Å². The van der Waals surface area contributed by atoms with Gasteiger partial charge in [0.15, 0.2) is 0 Å². The minimum atomic E-state index is -0.777. The van der Waals surface area contributed by atoms with E-state index in [0.29, 0.717) is 31.2 Å². The Hall–Kier alpha value is -1.91. The Morgan fingerprint density at radius 3 is 2.33 bits per heavy atom. The molecule has 114 valence electrons. The van der Waals surface area contributed by atoms with E-state index in [1.54, 1.807) is 25.2 Å². The monoisotopic (exact) mass is 293 g/mol. The molecule has 0 aromatic heterocycles. The van der Waals surface area contributed by atoms with Gasteiger partial charge in [-0.15, -0.1) is 0 Å². The van der Waals surface area contributed by atoms with Crippen LogP contribution in [0.15, 0.2) is 24.3 Å². The number of halogens is 1. The van der Waals surface area contributed by atoms with Crippen molar-refractivity contribution in [2.45, 2.75) is 32.2 Å². The Kier molecular flexibility index (Phi) is 4.94. The highest BCUT2D eigenvalue weighted by Crippen LogP contribution is 2.30. The number of hydrogen-bond donors (Lipinski definition) is 1. The highest BCUT2D eigenvalue weighted by Gasteiger charge is 2.31. The van der Waals surface area contributed by atoms with Crippen LogP contribution in [0.25, 0.3) is 0 Å². The normalized spacial score (nSPS) is 21.8. The number of amides is 1. The minimum absolute atomic E-state index is 0.0258. The molecule has 1 N–H and O–H groups in total. The molecule has 0 saturated heterocycles. The quantitative estimate of drug-likeness (QED) is 0.928. The van der Waals surface area contributed by atoms with Gasteiger partial charge in [-0.3, -0.25) is 9.59 Å². The summed E-state index contributed by atoms with van der Waals surface area (Å²) in [4.78, 5) is 24.8. The van der Waals surface area contributed by atoms with Gasteiger partial charge in [-0.25, -0.2) is 4.39 Å². The molecule has 21 heavy (non-hydrogen) atoms. The molecule has 1 fully saturated rings. The minimum Gasteiger partial charge on any atom is -0.481 e. The van der Waals surface area contributed by atoms with Gasteiger partial charge >= 0.3 is 5.97 Å². The summed E-state index contributed by atoms with van der Waals surface area (Å²) in [6.45, 7) is 0.240. The first-order valence-electron chi connectivity index (χ1n) is 7.20. The maximum absolute atomic E-state index is 13.6. The molecule has 0 radical (unpaired) electrons. The molecular weight excluding hydrogens is 273 g/mol. The second-order valence-electron chi connectivity index (χ2n) is 5.67. The van der Waals surface area contributed by atoms with Crippen molar-refractivity contribution in [2.75, 3.05) is 7.05 Å². The molecule has 0 atom stereocenters. The fraction of sp³-hybridized carbons (Fsp3) is 0.500. The Balaban J connectivity index is 1.92. The van der Waals surface area contributed by atoms with Crippen LogP contribution in [-0.4, -0.2) is 28.9 Å². The molecule has 0 spiro atoms. The summed E-state index contributed by atoms with van der Waals surface area (Å²) < 4.78 is 13.6. The Morgan fingerprint density at radius 2 is 1.76 bits per heavy atom. The molecule has 1 aromatic carbocycles. The van der Waals surface area contributed by atoms with Gasteiger partial charge in [0.2, 0.25) is 5.91 Å². The van der Waals surface area contributed by atoms with E-state index in [1.807, 2.05) is 0 Å². The average Bonchev–Trinajstić information content (AvgIpc) is 2.49. The molecule has 0 unspecified atom stereocenters. The summed E-state index contributed by atoms with van der Waals surface area (Å²) in [7, 11) is 1.66. The number of carboxylic acids is 1. The fourth-order valence-electron chi connectivity index (χ4n) is 2.86. The summed E-state index contributed by atoms with van der Waals surface area (Å²) in [5.41, 5.74) is 0.493. The Bertz CT molecular complexity index is 524. The topological polar surface area (TPSA) is 57.6 Å². The number of aliphatic carboxylic acids is 1. The first-order valence-corrected chi connectivity index (χ1v) is 7.20. The van der Waals surface area contributed by atoms with Crippen LogP contribution in [0.3, 0.4) is 0 Å². The predicted molar refractivity (Wildman–Crippen MR) is 76.0 cm³/mol. The molecule has 0 aliphatic heterocycles. The van der Waals surface area contributed by atoms with Crippen molar-refractivity contribution in [2.24, 2.45) is 11.8 Å². The van der Waals surface area contributed by atoms with E-state index >= 15 is 0 Å². The third-order valence-electron chi connectivity index (χ3n) is 4.17. The maximum Gasteiger partial charge on any atom is 0.306 e. The van der Waals surface area contributed by atoms with Crippen molar-refractivity contribution in [3.05, 3.63) is 35.6 Å². The predicted octanol–water partition coefficient (Wildman–Crippen LogP) is 2.68. The largest absolute Gasteiger partial charge is 0.481 e. The zero-order valence-corrected chi connectivity index (χ0v) is 12.1. The standard InChI is InChI=1S/C16H20FNO3/c1-18(10-13-4-2-3-5-14(13)17)15(19)11-6-8-12(9-7-11)16(20)21/h2-5,11-12H,6-10H2,1H3,(H,20,21). The second-order valence-corrected chi connectivity index (χ2v) is 5.67. The average molecular weight is 293 g/mol. The number of carbonyl (C=O) groups is 2. The third kappa shape index (κ3) is 3.80. The summed E-state index contributed by atoms with van der Waals surface area (Å²) in [6.07, 6.45) is 2.27. The molecule has 4 nitrogen and oxygen atoms in total. The summed E-state index contributed by atoms with van der Waals surface area (Å²) >= 11 is 0. The highest BCUT2D eigenvalue weighted by atomic mass is 19.1. The van der Waals surface area contributed by atoms with Crippen molar-refractivity contribution in [3.63, 3.8) is 0 Å².